The lowest BCUT2D eigenvalue weighted by atomic mass is 10.0. The number of hydrogen-bond acceptors (Lipinski definition) is 3. The van der Waals surface area contributed by atoms with E-state index in [0.717, 1.165) is 6.42 Å². The highest BCUT2D eigenvalue weighted by Gasteiger charge is 2.18. The maximum atomic E-state index is 9.31. The Morgan fingerprint density at radius 3 is 2.56 bits per heavy atom. The van der Waals surface area contributed by atoms with Gasteiger partial charge in [-0.2, -0.15) is 5.10 Å². The molecule has 4 heteroatoms. The van der Waals surface area contributed by atoms with E-state index in [4.69, 9.17) is 0 Å². The summed E-state index contributed by atoms with van der Waals surface area (Å²) < 4.78 is 1.81. The van der Waals surface area contributed by atoms with Crippen LogP contribution in [0.1, 0.15) is 38.8 Å². The van der Waals surface area contributed by atoms with Crippen molar-refractivity contribution in [3.05, 3.63) is 18.0 Å². The van der Waals surface area contributed by atoms with Crippen molar-refractivity contribution in [2.24, 2.45) is 13.0 Å². The zero-order valence-electron chi connectivity index (χ0n) is 10.6. The van der Waals surface area contributed by atoms with Crippen LogP contribution < -0.4 is 5.32 Å². The van der Waals surface area contributed by atoms with Crippen LogP contribution in [0.4, 0.5) is 0 Å². The minimum atomic E-state index is 0.144. The SMILES string of the molecule is CCC(N[C@H](CO)C(C)C)c1cnn(C)c1. The molecule has 0 bridgehead atoms. The predicted molar refractivity (Wildman–Crippen MR) is 65.1 cm³/mol. The molecule has 1 unspecified atom stereocenters. The first-order valence-corrected chi connectivity index (χ1v) is 5.93. The molecule has 0 aliphatic heterocycles. The fraction of sp³-hybridized carbons (Fsp3) is 0.750. The van der Waals surface area contributed by atoms with Gasteiger partial charge in [0.05, 0.1) is 12.8 Å². The Hall–Kier alpha value is -0.870. The summed E-state index contributed by atoms with van der Waals surface area (Å²) in [6, 6.07) is 0.415. The second-order valence-corrected chi connectivity index (χ2v) is 4.61. The van der Waals surface area contributed by atoms with Crippen LogP contribution in [0.25, 0.3) is 0 Å². The summed E-state index contributed by atoms with van der Waals surface area (Å²) in [4.78, 5) is 0. The summed E-state index contributed by atoms with van der Waals surface area (Å²) in [7, 11) is 1.92. The summed E-state index contributed by atoms with van der Waals surface area (Å²) >= 11 is 0. The first-order chi connectivity index (χ1) is 7.58. The topological polar surface area (TPSA) is 50.1 Å². The summed E-state index contributed by atoms with van der Waals surface area (Å²) in [5.41, 5.74) is 1.18. The Morgan fingerprint density at radius 2 is 2.19 bits per heavy atom. The highest BCUT2D eigenvalue weighted by molar-refractivity contribution is 5.10. The largest absolute Gasteiger partial charge is 0.395 e. The molecule has 4 nitrogen and oxygen atoms in total. The Morgan fingerprint density at radius 1 is 1.50 bits per heavy atom. The minimum Gasteiger partial charge on any atom is -0.395 e. The molecule has 16 heavy (non-hydrogen) atoms. The maximum Gasteiger partial charge on any atom is 0.0587 e. The number of nitrogens with zero attached hydrogens (tertiary/aromatic N) is 2. The minimum absolute atomic E-state index is 0.144. The van der Waals surface area contributed by atoms with Crippen molar-refractivity contribution in [2.75, 3.05) is 6.61 Å². The Kier molecular flexibility index (Phi) is 4.96. The molecule has 1 rings (SSSR count). The zero-order chi connectivity index (χ0) is 12.1. The van der Waals surface area contributed by atoms with Crippen LogP contribution in [-0.4, -0.2) is 27.5 Å². The lowest BCUT2D eigenvalue weighted by molar-refractivity contribution is 0.198. The summed E-state index contributed by atoms with van der Waals surface area (Å²) in [5, 5.41) is 17.0. The fourth-order valence-electron chi connectivity index (χ4n) is 1.78. The number of rotatable bonds is 6. The number of aliphatic hydroxyl groups excluding tert-OH is 1. The van der Waals surface area contributed by atoms with Crippen LogP contribution in [0, 0.1) is 5.92 Å². The van der Waals surface area contributed by atoms with Crippen LogP contribution in [0.3, 0.4) is 0 Å². The van der Waals surface area contributed by atoms with Crippen molar-refractivity contribution < 1.29 is 5.11 Å². The third kappa shape index (κ3) is 3.32. The standard InChI is InChI=1S/C12H23N3O/c1-5-11(10-6-13-15(4)7-10)14-12(8-16)9(2)3/h6-7,9,11-12,14,16H,5,8H2,1-4H3/t11?,12-/m1/s1. The van der Waals surface area contributed by atoms with Crippen molar-refractivity contribution in [2.45, 2.75) is 39.3 Å². The van der Waals surface area contributed by atoms with E-state index in [1.54, 1.807) is 0 Å². The molecule has 0 radical (unpaired) electrons. The number of aromatic nitrogens is 2. The van der Waals surface area contributed by atoms with Crippen molar-refractivity contribution in [3.8, 4) is 0 Å². The molecule has 0 aromatic carbocycles. The zero-order valence-corrected chi connectivity index (χ0v) is 10.6. The monoisotopic (exact) mass is 225 g/mol. The Balaban J connectivity index is 2.68. The average molecular weight is 225 g/mol. The maximum absolute atomic E-state index is 9.31. The lowest BCUT2D eigenvalue weighted by Gasteiger charge is -2.25. The van der Waals surface area contributed by atoms with E-state index >= 15 is 0 Å². The molecule has 1 aromatic heterocycles. The van der Waals surface area contributed by atoms with Crippen LogP contribution in [0.15, 0.2) is 12.4 Å². The molecule has 0 aliphatic rings. The third-order valence-electron chi connectivity index (χ3n) is 2.95. The first kappa shape index (κ1) is 13.2. The van der Waals surface area contributed by atoms with E-state index in [-0.39, 0.29) is 18.7 Å². The predicted octanol–water partition coefficient (Wildman–Crippen LogP) is 1.48. The van der Waals surface area contributed by atoms with Gasteiger partial charge in [0, 0.05) is 30.9 Å². The highest BCUT2D eigenvalue weighted by Crippen LogP contribution is 2.17. The normalized spacial score (nSPS) is 15.4. The molecule has 0 fully saturated rings. The highest BCUT2D eigenvalue weighted by atomic mass is 16.3. The average Bonchev–Trinajstić information content (AvgIpc) is 2.66. The molecular formula is C12H23N3O. The van der Waals surface area contributed by atoms with Crippen LogP contribution in [0.5, 0.6) is 0 Å². The van der Waals surface area contributed by atoms with E-state index in [2.05, 4.69) is 31.2 Å². The molecule has 92 valence electrons. The van der Waals surface area contributed by atoms with Gasteiger partial charge >= 0.3 is 0 Å². The summed E-state index contributed by atoms with van der Waals surface area (Å²) in [6.45, 7) is 6.54. The molecule has 0 spiro atoms. The van der Waals surface area contributed by atoms with Crippen LogP contribution in [-0.2, 0) is 7.05 Å². The number of aliphatic hydroxyl groups is 1. The molecule has 0 aliphatic carbocycles. The number of aryl methyl sites for hydroxylation is 1. The van der Waals surface area contributed by atoms with Gasteiger partial charge in [-0.3, -0.25) is 4.68 Å². The van der Waals surface area contributed by atoms with Crippen molar-refractivity contribution in [1.29, 1.82) is 0 Å². The quantitative estimate of drug-likeness (QED) is 0.771. The lowest BCUT2D eigenvalue weighted by Crippen LogP contribution is -2.39. The van der Waals surface area contributed by atoms with E-state index < -0.39 is 0 Å². The van der Waals surface area contributed by atoms with Gasteiger partial charge in [-0.25, -0.2) is 0 Å². The van der Waals surface area contributed by atoms with Gasteiger partial charge in [-0.1, -0.05) is 20.8 Å². The Labute approximate surface area is 97.7 Å². The molecule has 2 N–H and O–H groups in total. The van der Waals surface area contributed by atoms with Crippen molar-refractivity contribution >= 4 is 0 Å². The Bertz CT molecular complexity index is 309. The van der Waals surface area contributed by atoms with E-state index in [1.807, 2.05) is 24.1 Å². The fourth-order valence-corrected chi connectivity index (χ4v) is 1.78. The summed E-state index contributed by atoms with van der Waals surface area (Å²) in [6.07, 6.45) is 4.90. The second-order valence-electron chi connectivity index (χ2n) is 4.61. The number of nitrogens with one attached hydrogen (secondary N) is 1. The smallest absolute Gasteiger partial charge is 0.0587 e. The second kappa shape index (κ2) is 6.01. The molecule has 0 amide bonds. The van der Waals surface area contributed by atoms with Gasteiger partial charge in [0.25, 0.3) is 0 Å². The van der Waals surface area contributed by atoms with Gasteiger partial charge in [-0.15, -0.1) is 0 Å². The summed E-state index contributed by atoms with van der Waals surface area (Å²) in [5.74, 6) is 0.427. The molecule has 0 saturated carbocycles. The van der Waals surface area contributed by atoms with Gasteiger partial charge in [-0.05, 0) is 12.3 Å². The van der Waals surface area contributed by atoms with Crippen molar-refractivity contribution in [3.63, 3.8) is 0 Å². The number of hydrogen-bond donors (Lipinski definition) is 2. The van der Waals surface area contributed by atoms with E-state index in [1.165, 1.54) is 5.56 Å². The van der Waals surface area contributed by atoms with Crippen molar-refractivity contribution in [1.82, 2.24) is 15.1 Å². The van der Waals surface area contributed by atoms with E-state index in [0.29, 0.717) is 5.92 Å². The van der Waals surface area contributed by atoms with Crippen LogP contribution >= 0.6 is 0 Å². The van der Waals surface area contributed by atoms with Gasteiger partial charge < -0.3 is 10.4 Å². The van der Waals surface area contributed by atoms with Gasteiger partial charge in [0.1, 0.15) is 0 Å². The van der Waals surface area contributed by atoms with E-state index in [9.17, 15) is 5.11 Å². The molecule has 2 atom stereocenters. The molecule has 1 heterocycles. The first-order valence-electron chi connectivity index (χ1n) is 5.93. The van der Waals surface area contributed by atoms with Crippen LogP contribution in [0.2, 0.25) is 0 Å². The molecular weight excluding hydrogens is 202 g/mol. The van der Waals surface area contributed by atoms with Gasteiger partial charge in [0.15, 0.2) is 0 Å². The molecule has 1 aromatic rings. The third-order valence-corrected chi connectivity index (χ3v) is 2.95. The molecule has 0 saturated heterocycles. The van der Waals surface area contributed by atoms with Gasteiger partial charge in [0.2, 0.25) is 0 Å².